The molecule has 2 aromatic carbocycles. The Morgan fingerprint density at radius 3 is 2.78 bits per heavy atom. The van der Waals surface area contributed by atoms with Crippen molar-refractivity contribution in [3.05, 3.63) is 86.5 Å². The lowest BCUT2D eigenvalue weighted by Gasteiger charge is -2.04. The first-order chi connectivity index (χ1) is 17.4. The van der Waals surface area contributed by atoms with Gasteiger partial charge in [-0.05, 0) is 83.7 Å². The summed E-state index contributed by atoms with van der Waals surface area (Å²) in [7, 11) is 0. The van der Waals surface area contributed by atoms with Gasteiger partial charge in [0.2, 0.25) is 5.16 Å². The summed E-state index contributed by atoms with van der Waals surface area (Å²) in [5.74, 6) is 0.132. The number of aromatic nitrogens is 4. The maximum Gasteiger partial charge on any atom is 0.274 e. The molecule has 4 aromatic rings. The van der Waals surface area contributed by atoms with Crippen molar-refractivity contribution in [2.45, 2.75) is 24.1 Å². The highest BCUT2D eigenvalue weighted by Gasteiger charge is 2.25. The molecule has 1 fully saturated rings. The summed E-state index contributed by atoms with van der Waals surface area (Å²) in [5.41, 5.74) is 2.52. The molecule has 3 heterocycles. The van der Waals surface area contributed by atoms with Crippen molar-refractivity contribution in [3.8, 4) is 5.69 Å². The van der Waals surface area contributed by atoms with Crippen LogP contribution >= 0.6 is 23.5 Å². The second-order valence-corrected chi connectivity index (χ2v) is 9.62. The van der Waals surface area contributed by atoms with Crippen molar-refractivity contribution in [2.24, 2.45) is 4.99 Å². The minimum Gasteiger partial charge on any atom is -0.450 e. The van der Waals surface area contributed by atoms with Gasteiger partial charge in [-0.3, -0.25) is 14.9 Å². The third-order valence-electron chi connectivity index (χ3n) is 5.21. The smallest absolute Gasteiger partial charge is 0.274 e. The Labute approximate surface area is 212 Å². The Morgan fingerprint density at radius 2 is 2.00 bits per heavy atom. The fourth-order valence-electron chi connectivity index (χ4n) is 3.33. The van der Waals surface area contributed by atoms with Crippen LogP contribution in [-0.4, -0.2) is 36.2 Å². The molecule has 1 saturated heterocycles. The summed E-state index contributed by atoms with van der Waals surface area (Å²) in [6.07, 6.45) is 1.61. The summed E-state index contributed by atoms with van der Waals surface area (Å²) in [5, 5.41) is 27.2. The predicted octanol–water partition coefficient (Wildman–Crippen LogP) is 4.82. The number of benzene rings is 2. The number of aliphatic imine (C=N–C) groups is 1. The van der Waals surface area contributed by atoms with E-state index in [0.29, 0.717) is 37.3 Å². The van der Waals surface area contributed by atoms with Crippen molar-refractivity contribution in [2.75, 3.05) is 0 Å². The van der Waals surface area contributed by atoms with E-state index in [1.165, 1.54) is 17.8 Å². The third-order valence-corrected chi connectivity index (χ3v) is 6.98. The van der Waals surface area contributed by atoms with Gasteiger partial charge in [0, 0.05) is 17.7 Å². The van der Waals surface area contributed by atoms with Gasteiger partial charge < -0.3 is 9.73 Å². The number of aryl methyl sites for hydroxylation is 1. The minimum atomic E-state index is -0.442. The van der Waals surface area contributed by atoms with Crippen LogP contribution in [0.25, 0.3) is 11.8 Å². The molecule has 0 spiro atoms. The monoisotopic (exact) mass is 519 g/mol. The predicted molar refractivity (Wildman–Crippen MR) is 135 cm³/mol. The number of nitro groups is 1. The topological polar surface area (TPSA) is 141 Å². The second kappa shape index (κ2) is 9.79. The number of rotatable bonds is 6. The SMILES string of the molecule is Cc1cc(N=C2NC(=O)/C(=C/c3ccc(Sc4nnnn4-c4ccccc4)o3)S2)cc([N+](=O)[O-])c1C. The van der Waals surface area contributed by atoms with Gasteiger partial charge >= 0.3 is 0 Å². The molecule has 0 radical (unpaired) electrons. The fourth-order valence-corrected chi connectivity index (χ4v) is 4.92. The maximum atomic E-state index is 12.5. The Morgan fingerprint density at radius 1 is 1.19 bits per heavy atom. The zero-order valence-corrected chi connectivity index (χ0v) is 20.5. The molecule has 36 heavy (non-hydrogen) atoms. The molecule has 1 amide bonds. The molecule has 2 aromatic heterocycles. The minimum absolute atomic E-state index is 0.0154. The molecule has 0 bridgehead atoms. The van der Waals surface area contributed by atoms with Crippen molar-refractivity contribution in [3.63, 3.8) is 0 Å². The van der Waals surface area contributed by atoms with Gasteiger partial charge in [-0.25, -0.2) is 4.99 Å². The van der Waals surface area contributed by atoms with Crippen LogP contribution in [0.1, 0.15) is 16.9 Å². The summed E-state index contributed by atoms with van der Waals surface area (Å²) in [4.78, 5) is 28.1. The Hall–Kier alpha value is -4.23. The number of nitrogens with zero attached hydrogens (tertiary/aromatic N) is 6. The molecular formula is C23H17N7O4S2. The van der Waals surface area contributed by atoms with E-state index < -0.39 is 4.92 Å². The molecule has 11 nitrogen and oxygen atoms in total. The van der Waals surface area contributed by atoms with Gasteiger partial charge in [-0.1, -0.05) is 18.2 Å². The maximum absolute atomic E-state index is 12.5. The third kappa shape index (κ3) is 4.92. The van der Waals surface area contributed by atoms with Crippen molar-refractivity contribution in [1.82, 2.24) is 25.5 Å². The molecule has 13 heteroatoms. The number of nitrogens with one attached hydrogen (secondary N) is 1. The molecule has 0 saturated carbocycles. The highest BCUT2D eigenvalue weighted by atomic mass is 32.2. The highest BCUT2D eigenvalue weighted by Crippen LogP contribution is 2.33. The van der Waals surface area contributed by atoms with Crippen LogP contribution in [0.15, 0.2) is 79.2 Å². The number of amides is 1. The van der Waals surface area contributed by atoms with E-state index in [1.807, 2.05) is 30.3 Å². The zero-order valence-electron chi connectivity index (χ0n) is 18.9. The van der Waals surface area contributed by atoms with Crippen LogP contribution in [0.3, 0.4) is 0 Å². The highest BCUT2D eigenvalue weighted by molar-refractivity contribution is 8.18. The van der Waals surface area contributed by atoms with Gasteiger partial charge in [0.1, 0.15) is 5.76 Å². The molecule has 0 aliphatic carbocycles. The van der Waals surface area contributed by atoms with E-state index in [9.17, 15) is 14.9 Å². The molecule has 180 valence electrons. The van der Waals surface area contributed by atoms with E-state index in [0.717, 1.165) is 23.0 Å². The van der Waals surface area contributed by atoms with Crippen LogP contribution in [0, 0.1) is 24.0 Å². The lowest BCUT2D eigenvalue weighted by molar-refractivity contribution is -0.385. The number of hydrogen-bond acceptors (Lipinski definition) is 10. The lowest BCUT2D eigenvalue weighted by atomic mass is 10.1. The number of thioether (sulfide) groups is 1. The molecule has 1 aliphatic heterocycles. The van der Waals surface area contributed by atoms with E-state index >= 15 is 0 Å². The van der Waals surface area contributed by atoms with Gasteiger partial charge in [-0.15, -0.1) is 5.10 Å². The normalized spacial score (nSPS) is 15.6. The average Bonchev–Trinajstić information content (AvgIpc) is 3.58. The number of nitro benzene ring substituents is 1. The molecular weight excluding hydrogens is 502 g/mol. The quantitative estimate of drug-likeness (QED) is 0.215. The summed E-state index contributed by atoms with van der Waals surface area (Å²) >= 11 is 2.37. The number of para-hydroxylation sites is 1. The van der Waals surface area contributed by atoms with Gasteiger partial charge in [-0.2, -0.15) is 4.68 Å². The van der Waals surface area contributed by atoms with Crippen LogP contribution in [-0.2, 0) is 4.79 Å². The van der Waals surface area contributed by atoms with Crippen LogP contribution in [0.5, 0.6) is 0 Å². The van der Waals surface area contributed by atoms with Crippen molar-refractivity contribution >= 4 is 52.0 Å². The largest absolute Gasteiger partial charge is 0.450 e. The first-order valence-corrected chi connectivity index (χ1v) is 12.2. The number of tetrazole rings is 1. The first kappa shape index (κ1) is 23.5. The molecule has 0 atom stereocenters. The summed E-state index contributed by atoms with van der Waals surface area (Å²) in [6, 6.07) is 16.1. The Balaban J connectivity index is 1.33. The van der Waals surface area contributed by atoms with E-state index in [-0.39, 0.29) is 11.6 Å². The summed E-state index contributed by atoms with van der Waals surface area (Å²) in [6.45, 7) is 3.47. The molecule has 1 aliphatic rings. The Bertz CT molecular complexity index is 1540. The van der Waals surface area contributed by atoms with E-state index in [1.54, 1.807) is 42.8 Å². The van der Waals surface area contributed by atoms with Crippen LogP contribution in [0.2, 0.25) is 0 Å². The molecule has 5 rings (SSSR count). The number of furan rings is 1. The zero-order chi connectivity index (χ0) is 25.2. The fraction of sp³-hybridized carbons (Fsp3) is 0.0870. The number of hydrogen-bond donors (Lipinski definition) is 1. The Kier molecular flexibility index (Phi) is 6.40. The van der Waals surface area contributed by atoms with Crippen molar-refractivity contribution in [1.29, 1.82) is 0 Å². The second-order valence-electron chi connectivity index (χ2n) is 7.61. The standard InChI is InChI=1S/C23H17N7O4S2/c1-13-10-15(11-18(14(13)2)30(32)33)24-22-25-21(31)19(35-22)12-17-8-9-20(34-17)36-23-26-27-28-29(23)16-6-4-3-5-7-16/h3-12H,1-2H3,(H,24,25,31)/b19-12-. The number of amidine groups is 1. The average molecular weight is 520 g/mol. The first-order valence-electron chi connectivity index (χ1n) is 10.5. The van der Waals surface area contributed by atoms with E-state index in [2.05, 4.69) is 25.8 Å². The van der Waals surface area contributed by atoms with Crippen LogP contribution in [0.4, 0.5) is 11.4 Å². The van der Waals surface area contributed by atoms with E-state index in [4.69, 9.17) is 4.42 Å². The lowest BCUT2D eigenvalue weighted by Crippen LogP contribution is -2.19. The molecule has 0 unspecified atom stereocenters. The molecule has 1 N–H and O–H groups in total. The van der Waals surface area contributed by atoms with Gasteiger partial charge in [0.05, 0.1) is 21.2 Å². The van der Waals surface area contributed by atoms with Crippen molar-refractivity contribution < 1.29 is 14.1 Å². The van der Waals surface area contributed by atoms with Crippen LogP contribution < -0.4 is 5.32 Å². The van der Waals surface area contributed by atoms with Gasteiger partial charge in [0.15, 0.2) is 10.3 Å². The number of carbonyl (C=O) groups excluding carboxylic acids is 1. The van der Waals surface area contributed by atoms with Gasteiger partial charge in [0.25, 0.3) is 11.6 Å². The summed E-state index contributed by atoms with van der Waals surface area (Å²) < 4.78 is 7.45. The number of carbonyl (C=O) groups is 1.